The highest BCUT2D eigenvalue weighted by Gasteiger charge is 2.38. The SMILES string of the molecule is CC(=O)N1C[C@H](O)C[C@H]1C(=O)N[C@H](Cc1ccccc1[N+](=O)[O-])C(N)=O. The minimum atomic E-state index is -1.19. The highest BCUT2D eigenvalue weighted by atomic mass is 16.6. The van der Waals surface area contributed by atoms with E-state index in [9.17, 15) is 29.6 Å². The lowest BCUT2D eigenvalue weighted by Crippen LogP contribution is -2.52. The van der Waals surface area contributed by atoms with Gasteiger partial charge in [-0.1, -0.05) is 18.2 Å². The summed E-state index contributed by atoms with van der Waals surface area (Å²) in [5.74, 6) is -1.88. The minimum Gasteiger partial charge on any atom is -0.391 e. The molecule has 1 fully saturated rings. The molecule has 0 bridgehead atoms. The van der Waals surface area contributed by atoms with Crippen LogP contribution in [0.25, 0.3) is 0 Å². The van der Waals surface area contributed by atoms with Gasteiger partial charge >= 0.3 is 0 Å². The van der Waals surface area contributed by atoms with Crippen LogP contribution in [0, 0.1) is 10.1 Å². The molecule has 10 heteroatoms. The van der Waals surface area contributed by atoms with Crippen LogP contribution in [0.5, 0.6) is 0 Å². The normalized spacial score (nSPS) is 20.5. The van der Waals surface area contributed by atoms with E-state index in [2.05, 4.69) is 5.32 Å². The van der Waals surface area contributed by atoms with Crippen LogP contribution >= 0.6 is 0 Å². The summed E-state index contributed by atoms with van der Waals surface area (Å²) >= 11 is 0. The molecule has 1 saturated heterocycles. The number of hydrogen-bond acceptors (Lipinski definition) is 6. The van der Waals surface area contributed by atoms with Gasteiger partial charge in [0, 0.05) is 37.9 Å². The van der Waals surface area contributed by atoms with E-state index in [-0.39, 0.29) is 36.5 Å². The number of rotatable bonds is 6. The van der Waals surface area contributed by atoms with E-state index in [4.69, 9.17) is 5.73 Å². The van der Waals surface area contributed by atoms with Crippen LogP contribution in [0.3, 0.4) is 0 Å². The number of nitrogens with one attached hydrogen (secondary N) is 1. The Kier molecular flexibility index (Phi) is 5.88. The zero-order valence-corrected chi connectivity index (χ0v) is 14.1. The van der Waals surface area contributed by atoms with Crippen molar-refractivity contribution >= 4 is 23.4 Å². The molecule has 10 nitrogen and oxygen atoms in total. The maximum absolute atomic E-state index is 12.5. The molecule has 3 atom stereocenters. The van der Waals surface area contributed by atoms with Crippen LogP contribution in [-0.2, 0) is 20.8 Å². The van der Waals surface area contributed by atoms with Gasteiger partial charge in [-0.15, -0.1) is 0 Å². The van der Waals surface area contributed by atoms with E-state index in [1.807, 2.05) is 0 Å². The first-order valence-electron chi connectivity index (χ1n) is 7.98. The smallest absolute Gasteiger partial charge is 0.272 e. The van der Waals surface area contributed by atoms with Crippen molar-refractivity contribution in [1.29, 1.82) is 0 Å². The highest BCUT2D eigenvalue weighted by molar-refractivity contribution is 5.91. The third kappa shape index (κ3) is 4.33. The number of primary amides is 1. The van der Waals surface area contributed by atoms with Gasteiger partial charge in [0.15, 0.2) is 0 Å². The van der Waals surface area contributed by atoms with Crippen molar-refractivity contribution in [3.8, 4) is 0 Å². The van der Waals surface area contributed by atoms with E-state index in [1.54, 1.807) is 6.07 Å². The second-order valence-corrected chi connectivity index (χ2v) is 6.13. The van der Waals surface area contributed by atoms with Gasteiger partial charge < -0.3 is 21.1 Å². The van der Waals surface area contributed by atoms with Gasteiger partial charge in [-0.3, -0.25) is 24.5 Å². The second-order valence-electron chi connectivity index (χ2n) is 6.13. The molecule has 1 aromatic carbocycles. The molecular weight excluding hydrogens is 344 g/mol. The maximum atomic E-state index is 12.5. The summed E-state index contributed by atoms with van der Waals surface area (Å²) in [6.45, 7) is 1.30. The number of amides is 3. The van der Waals surface area contributed by atoms with Crippen molar-refractivity contribution < 1.29 is 24.4 Å². The predicted octanol–water partition coefficient (Wildman–Crippen LogP) is -0.911. The Bertz CT molecular complexity index is 737. The number of hydrogen-bond donors (Lipinski definition) is 3. The van der Waals surface area contributed by atoms with Crippen LogP contribution in [-0.4, -0.2) is 57.4 Å². The number of likely N-dealkylation sites (tertiary alicyclic amines) is 1. The third-order valence-corrected chi connectivity index (χ3v) is 4.26. The van der Waals surface area contributed by atoms with Gasteiger partial charge in [-0.2, -0.15) is 0 Å². The second kappa shape index (κ2) is 7.91. The Morgan fingerprint density at radius 1 is 1.42 bits per heavy atom. The van der Waals surface area contributed by atoms with Crippen molar-refractivity contribution in [3.63, 3.8) is 0 Å². The maximum Gasteiger partial charge on any atom is 0.272 e. The van der Waals surface area contributed by atoms with Gasteiger partial charge in [0.05, 0.1) is 11.0 Å². The van der Waals surface area contributed by atoms with Crippen molar-refractivity contribution in [2.24, 2.45) is 5.73 Å². The Labute approximate surface area is 149 Å². The average molecular weight is 364 g/mol. The Hall–Kier alpha value is -3.01. The number of nitro benzene ring substituents is 1. The first-order valence-corrected chi connectivity index (χ1v) is 7.98. The number of nitrogens with zero attached hydrogens (tertiary/aromatic N) is 2. The highest BCUT2D eigenvalue weighted by Crippen LogP contribution is 2.21. The lowest BCUT2D eigenvalue weighted by molar-refractivity contribution is -0.385. The molecule has 0 spiro atoms. The fourth-order valence-electron chi connectivity index (χ4n) is 2.98. The predicted molar refractivity (Wildman–Crippen MR) is 89.7 cm³/mol. The van der Waals surface area contributed by atoms with Crippen LogP contribution < -0.4 is 11.1 Å². The van der Waals surface area contributed by atoms with E-state index in [0.717, 1.165) is 0 Å². The zero-order chi connectivity index (χ0) is 19.4. The number of nitro groups is 1. The molecular formula is C16H20N4O6. The fraction of sp³-hybridized carbons (Fsp3) is 0.438. The topological polar surface area (TPSA) is 156 Å². The van der Waals surface area contributed by atoms with Crippen molar-refractivity contribution in [2.75, 3.05) is 6.54 Å². The molecule has 3 amide bonds. The minimum absolute atomic E-state index is 0.0266. The molecule has 1 aliphatic rings. The monoisotopic (exact) mass is 364 g/mol. The molecule has 2 rings (SSSR count). The van der Waals surface area contributed by atoms with E-state index >= 15 is 0 Å². The zero-order valence-electron chi connectivity index (χ0n) is 14.1. The Balaban J connectivity index is 2.16. The summed E-state index contributed by atoms with van der Waals surface area (Å²) < 4.78 is 0. The van der Waals surface area contributed by atoms with Gasteiger partial charge in [0.25, 0.3) is 5.69 Å². The van der Waals surface area contributed by atoms with E-state index < -0.39 is 34.9 Å². The number of carbonyl (C=O) groups is 3. The molecule has 4 N–H and O–H groups in total. The van der Waals surface area contributed by atoms with Crippen molar-refractivity contribution in [3.05, 3.63) is 39.9 Å². The fourth-order valence-corrected chi connectivity index (χ4v) is 2.98. The largest absolute Gasteiger partial charge is 0.391 e. The molecule has 140 valence electrons. The summed E-state index contributed by atoms with van der Waals surface area (Å²) in [5, 5.41) is 23.2. The third-order valence-electron chi connectivity index (χ3n) is 4.26. The molecule has 1 aliphatic heterocycles. The van der Waals surface area contributed by atoms with Crippen molar-refractivity contribution in [2.45, 2.75) is 38.0 Å². The summed E-state index contributed by atoms with van der Waals surface area (Å²) in [6.07, 6.45) is -0.951. The Morgan fingerprint density at radius 2 is 2.08 bits per heavy atom. The lowest BCUT2D eigenvalue weighted by Gasteiger charge is -2.24. The molecule has 0 aromatic heterocycles. The van der Waals surface area contributed by atoms with Gasteiger partial charge in [0.2, 0.25) is 17.7 Å². The van der Waals surface area contributed by atoms with Crippen LogP contribution in [0.2, 0.25) is 0 Å². The quantitative estimate of drug-likeness (QED) is 0.438. The van der Waals surface area contributed by atoms with Crippen molar-refractivity contribution in [1.82, 2.24) is 10.2 Å². The van der Waals surface area contributed by atoms with Gasteiger partial charge in [-0.25, -0.2) is 0 Å². The first-order chi connectivity index (χ1) is 12.2. The lowest BCUT2D eigenvalue weighted by atomic mass is 10.0. The van der Waals surface area contributed by atoms with Crippen LogP contribution in [0.15, 0.2) is 24.3 Å². The van der Waals surface area contributed by atoms with Crippen LogP contribution in [0.1, 0.15) is 18.9 Å². The average Bonchev–Trinajstić information content (AvgIpc) is 2.96. The number of aliphatic hydroxyl groups is 1. The molecule has 0 aliphatic carbocycles. The standard InChI is InChI=1S/C16H20N4O6/c1-9(21)19-8-11(22)7-14(19)16(24)18-12(15(17)23)6-10-4-2-3-5-13(10)20(25)26/h2-5,11-12,14,22H,6-8H2,1H3,(H2,17,23)(H,18,24)/t11-,12-,14+/m1/s1. The molecule has 0 saturated carbocycles. The molecule has 1 heterocycles. The first kappa shape index (κ1) is 19.3. The molecule has 1 aromatic rings. The van der Waals surface area contributed by atoms with Crippen LogP contribution in [0.4, 0.5) is 5.69 Å². The van der Waals surface area contributed by atoms with E-state index in [0.29, 0.717) is 0 Å². The molecule has 0 radical (unpaired) electrons. The number of benzene rings is 1. The molecule has 26 heavy (non-hydrogen) atoms. The summed E-state index contributed by atoms with van der Waals surface area (Å²) in [5.41, 5.74) is 5.39. The molecule has 0 unspecified atom stereocenters. The number of carbonyl (C=O) groups excluding carboxylic acids is 3. The Morgan fingerprint density at radius 3 is 2.65 bits per heavy atom. The number of para-hydroxylation sites is 1. The van der Waals surface area contributed by atoms with E-state index in [1.165, 1.54) is 30.0 Å². The summed E-state index contributed by atoms with van der Waals surface area (Å²) in [6, 6.07) is 3.73. The van der Waals surface area contributed by atoms with Gasteiger partial charge in [0.1, 0.15) is 12.1 Å². The number of β-amino-alcohol motifs (C(OH)–C–C–N with tert-alkyl or cyclic N) is 1. The number of nitrogens with two attached hydrogens (primary N) is 1. The summed E-state index contributed by atoms with van der Waals surface area (Å²) in [7, 11) is 0. The number of aliphatic hydroxyl groups excluding tert-OH is 1. The van der Waals surface area contributed by atoms with Gasteiger partial charge in [-0.05, 0) is 0 Å². The summed E-state index contributed by atoms with van der Waals surface area (Å²) in [4.78, 5) is 47.5.